The van der Waals surface area contributed by atoms with Gasteiger partial charge >= 0.3 is 0 Å². The van der Waals surface area contributed by atoms with E-state index in [1.807, 2.05) is 0 Å². The molecule has 1 atom stereocenters. The first-order valence-corrected chi connectivity index (χ1v) is 9.21. The van der Waals surface area contributed by atoms with Gasteiger partial charge in [-0.05, 0) is 50.3 Å². The van der Waals surface area contributed by atoms with E-state index in [0.29, 0.717) is 6.04 Å². The predicted molar refractivity (Wildman–Crippen MR) is 96.2 cm³/mol. The molecule has 2 fully saturated rings. The first-order chi connectivity index (χ1) is 11.7. The summed E-state index contributed by atoms with van der Waals surface area (Å²) in [6.07, 6.45) is 6.81. The van der Waals surface area contributed by atoms with E-state index >= 15 is 0 Å². The quantitative estimate of drug-likeness (QED) is 0.911. The van der Waals surface area contributed by atoms with E-state index in [0.717, 1.165) is 55.8 Å². The van der Waals surface area contributed by atoms with Crippen LogP contribution in [0.15, 0.2) is 18.2 Å². The van der Waals surface area contributed by atoms with E-state index in [2.05, 4.69) is 40.3 Å². The van der Waals surface area contributed by atoms with E-state index in [1.165, 1.54) is 18.4 Å². The second-order valence-electron chi connectivity index (χ2n) is 7.36. The Labute approximate surface area is 142 Å². The topological polar surface area (TPSA) is 61.0 Å². The zero-order chi connectivity index (χ0) is 16.5. The van der Waals surface area contributed by atoms with Crippen LogP contribution in [0.3, 0.4) is 0 Å². The van der Waals surface area contributed by atoms with Crippen molar-refractivity contribution in [2.45, 2.75) is 51.5 Å². The van der Waals surface area contributed by atoms with Crippen molar-refractivity contribution in [1.82, 2.24) is 15.3 Å². The molecule has 1 saturated heterocycles. The summed E-state index contributed by atoms with van der Waals surface area (Å²) >= 11 is 0. The van der Waals surface area contributed by atoms with E-state index in [4.69, 9.17) is 4.98 Å². The normalized spacial score (nSPS) is 22.2. The van der Waals surface area contributed by atoms with Crippen LogP contribution in [-0.2, 0) is 4.79 Å². The van der Waals surface area contributed by atoms with Crippen molar-refractivity contribution in [3.8, 4) is 0 Å². The molecule has 1 aromatic carbocycles. The zero-order valence-electron chi connectivity index (χ0n) is 14.3. The van der Waals surface area contributed by atoms with Crippen molar-refractivity contribution in [2.24, 2.45) is 5.92 Å². The van der Waals surface area contributed by atoms with E-state index in [-0.39, 0.29) is 11.8 Å². The van der Waals surface area contributed by atoms with Gasteiger partial charge in [0, 0.05) is 19.1 Å². The number of nitrogens with zero attached hydrogens (tertiary/aromatic N) is 2. The lowest BCUT2D eigenvalue weighted by atomic mass is 9.97. The van der Waals surface area contributed by atoms with Crippen molar-refractivity contribution < 1.29 is 4.79 Å². The van der Waals surface area contributed by atoms with Gasteiger partial charge in [0.1, 0.15) is 0 Å². The summed E-state index contributed by atoms with van der Waals surface area (Å²) in [7, 11) is 0. The van der Waals surface area contributed by atoms with Crippen LogP contribution in [0, 0.1) is 12.8 Å². The number of aromatic amines is 1. The number of anilines is 1. The Bertz CT molecular complexity index is 732. The fourth-order valence-corrected chi connectivity index (χ4v) is 4.03. The third kappa shape index (κ3) is 3.12. The maximum Gasteiger partial charge on any atom is 0.225 e. The van der Waals surface area contributed by atoms with Crippen LogP contribution in [0.1, 0.15) is 44.1 Å². The number of hydrogen-bond donors (Lipinski definition) is 2. The summed E-state index contributed by atoms with van der Waals surface area (Å²) < 4.78 is 0. The molecule has 4 rings (SSSR count). The van der Waals surface area contributed by atoms with Gasteiger partial charge < -0.3 is 15.2 Å². The summed E-state index contributed by atoms with van der Waals surface area (Å²) in [5, 5.41) is 3.26. The summed E-state index contributed by atoms with van der Waals surface area (Å²) in [5.74, 6) is 1.21. The van der Waals surface area contributed by atoms with Gasteiger partial charge in [0.25, 0.3) is 0 Å². The third-order valence-electron chi connectivity index (χ3n) is 5.42. The first-order valence-electron chi connectivity index (χ1n) is 9.21. The largest absolute Gasteiger partial charge is 0.353 e. The van der Waals surface area contributed by atoms with Gasteiger partial charge in [-0.3, -0.25) is 4.79 Å². The minimum absolute atomic E-state index is 0.0781. The minimum atomic E-state index is 0.0781. The average molecular weight is 326 g/mol. The lowest BCUT2D eigenvalue weighted by molar-refractivity contribution is -0.125. The molecule has 5 nitrogen and oxygen atoms in total. The van der Waals surface area contributed by atoms with Crippen molar-refractivity contribution in [2.75, 3.05) is 18.0 Å². The van der Waals surface area contributed by atoms with Crippen molar-refractivity contribution >= 4 is 22.9 Å². The van der Waals surface area contributed by atoms with Gasteiger partial charge in [0.2, 0.25) is 11.9 Å². The van der Waals surface area contributed by atoms with E-state index in [1.54, 1.807) is 0 Å². The van der Waals surface area contributed by atoms with Crippen LogP contribution in [0.25, 0.3) is 11.0 Å². The molecule has 0 unspecified atom stereocenters. The molecule has 0 bridgehead atoms. The number of rotatable bonds is 3. The Morgan fingerprint density at radius 3 is 2.92 bits per heavy atom. The fraction of sp³-hybridized carbons (Fsp3) is 0.579. The number of fused-ring (bicyclic) bond motifs is 1. The zero-order valence-corrected chi connectivity index (χ0v) is 14.3. The maximum atomic E-state index is 12.6. The number of piperidine rings is 1. The summed E-state index contributed by atoms with van der Waals surface area (Å²) in [6, 6.07) is 6.67. The van der Waals surface area contributed by atoms with Gasteiger partial charge in [0.05, 0.1) is 17.0 Å². The number of aryl methyl sites for hydroxylation is 1. The van der Waals surface area contributed by atoms with E-state index < -0.39 is 0 Å². The van der Waals surface area contributed by atoms with Gasteiger partial charge in [-0.25, -0.2) is 4.98 Å². The van der Waals surface area contributed by atoms with Gasteiger partial charge in [0.15, 0.2) is 0 Å². The monoisotopic (exact) mass is 326 g/mol. The van der Waals surface area contributed by atoms with Gasteiger partial charge in [-0.2, -0.15) is 0 Å². The molecule has 5 heteroatoms. The third-order valence-corrected chi connectivity index (χ3v) is 5.42. The highest BCUT2D eigenvalue weighted by Crippen LogP contribution is 2.25. The fourth-order valence-electron chi connectivity index (χ4n) is 4.03. The molecular weight excluding hydrogens is 300 g/mol. The predicted octanol–water partition coefficient (Wildman–Crippen LogP) is 3.15. The Kier molecular flexibility index (Phi) is 4.17. The molecule has 0 spiro atoms. The standard InChI is InChI=1S/C19H26N4O/c1-13-8-9-16-17(11-13)22-19(21-16)23-10-4-5-14(12-23)18(24)20-15-6-2-3-7-15/h8-9,11,14-15H,2-7,10,12H2,1H3,(H,20,24)(H,21,22)/t14-/m1/s1. The van der Waals surface area contributed by atoms with Gasteiger partial charge in [-0.15, -0.1) is 0 Å². The molecule has 128 valence electrons. The number of hydrogen-bond acceptors (Lipinski definition) is 3. The molecule has 2 N–H and O–H groups in total. The number of imidazole rings is 1. The number of nitrogens with one attached hydrogen (secondary N) is 2. The van der Waals surface area contributed by atoms with Crippen molar-refractivity contribution in [3.63, 3.8) is 0 Å². The Hall–Kier alpha value is -2.04. The molecule has 1 aliphatic heterocycles. The maximum absolute atomic E-state index is 12.6. The van der Waals surface area contributed by atoms with Crippen molar-refractivity contribution in [3.05, 3.63) is 23.8 Å². The molecule has 1 amide bonds. The van der Waals surface area contributed by atoms with Crippen LogP contribution >= 0.6 is 0 Å². The van der Waals surface area contributed by atoms with Crippen LogP contribution < -0.4 is 10.2 Å². The molecule has 1 aromatic heterocycles. The number of aromatic nitrogens is 2. The summed E-state index contributed by atoms with van der Waals surface area (Å²) in [5.41, 5.74) is 3.29. The highest BCUT2D eigenvalue weighted by atomic mass is 16.2. The second-order valence-corrected chi connectivity index (χ2v) is 7.36. The molecule has 2 aromatic rings. The minimum Gasteiger partial charge on any atom is -0.353 e. The van der Waals surface area contributed by atoms with Crippen LogP contribution in [0.5, 0.6) is 0 Å². The summed E-state index contributed by atoms with van der Waals surface area (Å²) in [4.78, 5) is 22.9. The number of benzene rings is 1. The molecule has 2 aliphatic rings. The number of amides is 1. The summed E-state index contributed by atoms with van der Waals surface area (Å²) in [6.45, 7) is 3.81. The number of carbonyl (C=O) groups excluding carboxylic acids is 1. The highest BCUT2D eigenvalue weighted by molar-refractivity contribution is 5.81. The van der Waals surface area contributed by atoms with E-state index in [9.17, 15) is 4.79 Å². The molecule has 1 saturated carbocycles. The number of carbonyl (C=O) groups is 1. The molecule has 2 heterocycles. The molecule has 24 heavy (non-hydrogen) atoms. The number of H-pyrrole nitrogens is 1. The second kappa shape index (κ2) is 6.46. The van der Waals surface area contributed by atoms with Crippen LogP contribution in [0.2, 0.25) is 0 Å². The Morgan fingerprint density at radius 1 is 1.25 bits per heavy atom. The molecule has 0 radical (unpaired) electrons. The lowest BCUT2D eigenvalue weighted by Crippen LogP contribution is -2.45. The van der Waals surface area contributed by atoms with Crippen LogP contribution in [-0.4, -0.2) is 35.0 Å². The molecular formula is C19H26N4O. The highest BCUT2D eigenvalue weighted by Gasteiger charge is 2.29. The Morgan fingerprint density at radius 2 is 2.08 bits per heavy atom. The Balaban J connectivity index is 1.46. The lowest BCUT2D eigenvalue weighted by Gasteiger charge is -2.32. The molecule has 1 aliphatic carbocycles. The average Bonchev–Trinajstić information content (AvgIpc) is 3.24. The van der Waals surface area contributed by atoms with Crippen LogP contribution in [0.4, 0.5) is 5.95 Å². The first kappa shape index (κ1) is 15.5. The van der Waals surface area contributed by atoms with Gasteiger partial charge in [-0.1, -0.05) is 18.9 Å². The SMILES string of the molecule is Cc1ccc2nc(N3CCC[C@@H](C(=O)NC4CCCC4)C3)[nH]c2c1. The van der Waals surface area contributed by atoms with Crippen molar-refractivity contribution in [1.29, 1.82) is 0 Å². The smallest absolute Gasteiger partial charge is 0.225 e.